The van der Waals surface area contributed by atoms with E-state index in [9.17, 15) is 4.79 Å². The molecule has 178 valence electrons. The monoisotopic (exact) mass is 490 g/mol. The van der Waals surface area contributed by atoms with Crippen molar-refractivity contribution >= 4 is 51.3 Å². The zero-order valence-electron chi connectivity index (χ0n) is 19.6. The van der Waals surface area contributed by atoms with E-state index in [1.165, 1.54) is 0 Å². The standard InChI is InChI=1S/C25H23ClN6O3/c1-12(2)34-24-21-16(14-5-8-19-20(10-14)35-13(3)29-19)11-28-22(21)31-25(32-24)30-18-7-6-15(9-17(18)26)23(33)27-4/h5-12H,1-4H3,(H,27,33)(H2,28,30,31,32). The molecule has 0 saturated carbocycles. The van der Waals surface area contributed by atoms with Gasteiger partial charge in [0.1, 0.15) is 11.2 Å². The molecule has 3 N–H and O–H groups in total. The Morgan fingerprint density at radius 2 is 1.97 bits per heavy atom. The molecule has 0 bridgehead atoms. The predicted molar refractivity (Wildman–Crippen MR) is 136 cm³/mol. The van der Waals surface area contributed by atoms with Gasteiger partial charge in [-0.3, -0.25) is 4.79 Å². The zero-order valence-corrected chi connectivity index (χ0v) is 20.3. The van der Waals surface area contributed by atoms with Crippen LogP contribution in [0.25, 0.3) is 33.3 Å². The lowest BCUT2D eigenvalue weighted by molar-refractivity contribution is 0.0963. The molecular weight excluding hydrogens is 468 g/mol. The lowest BCUT2D eigenvalue weighted by atomic mass is 10.1. The second-order valence-electron chi connectivity index (χ2n) is 8.26. The molecule has 3 heterocycles. The summed E-state index contributed by atoms with van der Waals surface area (Å²) in [4.78, 5) is 28.7. The Bertz CT molecular complexity index is 1570. The molecule has 35 heavy (non-hydrogen) atoms. The summed E-state index contributed by atoms with van der Waals surface area (Å²) < 4.78 is 11.8. The molecule has 0 fully saturated rings. The minimum Gasteiger partial charge on any atom is -0.474 e. The molecule has 3 aromatic heterocycles. The number of H-pyrrole nitrogens is 1. The average molecular weight is 491 g/mol. The molecule has 0 aliphatic carbocycles. The number of anilines is 2. The van der Waals surface area contributed by atoms with Crippen LogP contribution in [0.2, 0.25) is 5.02 Å². The number of aromatic nitrogens is 4. The fraction of sp³-hybridized carbons (Fsp3) is 0.200. The molecule has 0 atom stereocenters. The van der Waals surface area contributed by atoms with Gasteiger partial charge in [-0.25, -0.2) is 4.98 Å². The first kappa shape index (κ1) is 22.7. The molecule has 0 spiro atoms. The minimum absolute atomic E-state index is 0.112. The van der Waals surface area contributed by atoms with E-state index >= 15 is 0 Å². The number of nitrogens with zero attached hydrogens (tertiary/aromatic N) is 3. The molecule has 0 unspecified atom stereocenters. The van der Waals surface area contributed by atoms with Crippen molar-refractivity contribution in [1.29, 1.82) is 0 Å². The van der Waals surface area contributed by atoms with Crippen LogP contribution in [0.4, 0.5) is 11.6 Å². The van der Waals surface area contributed by atoms with Crippen molar-refractivity contribution in [2.45, 2.75) is 26.9 Å². The highest BCUT2D eigenvalue weighted by Gasteiger charge is 2.19. The number of hydrogen-bond acceptors (Lipinski definition) is 7. The number of nitrogens with one attached hydrogen (secondary N) is 3. The number of carbonyl (C=O) groups is 1. The lowest BCUT2D eigenvalue weighted by Gasteiger charge is -2.14. The molecule has 0 radical (unpaired) electrons. The van der Waals surface area contributed by atoms with Crippen LogP contribution in [0, 0.1) is 6.92 Å². The third kappa shape index (κ3) is 4.38. The second-order valence-corrected chi connectivity index (χ2v) is 8.67. The number of halogens is 1. The maximum absolute atomic E-state index is 11.9. The highest BCUT2D eigenvalue weighted by atomic mass is 35.5. The van der Waals surface area contributed by atoms with E-state index in [-0.39, 0.29) is 12.0 Å². The van der Waals surface area contributed by atoms with E-state index in [0.29, 0.717) is 45.2 Å². The fourth-order valence-corrected chi connectivity index (χ4v) is 4.05. The molecule has 2 aromatic carbocycles. The molecule has 10 heteroatoms. The van der Waals surface area contributed by atoms with Crippen molar-refractivity contribution in [3.05, 3.63) is 59.1 Å². The van der Waals surface area contributed by atoms with E-state index in [0.717, 1.165) is 22.0 Å². The minimum atomic E-state index is -0.221. The summed E-state index contributed by atoms with van der Waals surface area (Å²) >= 11 is 6.41. The van der Waals surface area contributed by atoms with Gasteiger partial charge in [0, 0.05) is 31.3 Å². The predicted octanol–water partition coefficient (Wildman–Crippen LogP) is 5.62. The number of carbonyl (C=O) groups excluding carboxylic acids is 1. The van der Waals surface area contributed by atoms with Crippen molar-refractivity contribution in [1.82, 2.24) is 25.3 Å². The number of oxazole rings is 1. The first-order valence-corrected chi connectivity index (χ1v) is 11.4. The highest BCUT2D eigenvalue weighted by Crippen LogP contribution is 2.37. The average Bonchev–Trinajstić information content (AvgIpc) is 3.41. The third-order valence-corrected chi connectivity index (χ3v) is 5.67. The first-order valence-electron chi connectivity index (χ1n) is 11.0. The largest absolute Gasteiger partial charge is 0.474 e. The van der Waals surface area contributed by atoms with Crippen LogP contribution in [0.1, 0.15) is 30.1 Å². The number of ether oxygens (including phenoxy) is 1. The van der Waals surface area contributed by atoms with E-state index in [1.807, 2.05) is 45.2 Å². The lowest BCUT2D eigenvalue weighted by Crippen LogP contribution is -2.17. The number of benzene rings is 2. The summed E-state index contributed by atoms with van der Waals surface area (Å²) in [6.45, 7) is 5.69. The second kappa shape index (κ2) is 8.92. The number of rotatable bonds is 6. The molecule has 5 aromatic rings. The molecule has 0 aliphatic rings. The summed E-state index contributed by atoms with van der Waals surface area (Å²) in [6.07, 6.45) is 1.75. The van der Waals surface area contributed by atoms with Crippen molar-refractivity contribution in [2.75, 3.05) is 12.4 Å². The fourth-order valence-electron chi connectivity index (χ4n) is 3.82. The van der Waals surface area contributed by atoms with Gasteiger partial charge in [-0.1, -0.05) is 17.7 Å². The number of aromatic amines is 1. The Morgan fingerprint density at radius 1 is 1.14 bits per heavy atom. The number of hydrogen-bond donors (Lipinski definition) is 3. The van der Waals surface area contributed by atoms with Crippen LogP contribution in [0.3, 0.4) is 0 Å². The molecule has 9 nitrogen and oxygen atoms in total. The molecule has 0 aliphatic heterocycles. The van der Waals surface area contributed by atoms with Gasteiger partial charge in [0.25, 0.3) is 5.91 Å². The van der Waals surface area contributed by atoms with Crippen LogP contribution in [0.15, 0.2) is 47.0 Å². The van der Waals surface area contributed by atoms with Crippen LogP contribution in [-0.4, -0.2) is 39.0 Å². The topological polar surface area (TPSA) is 118 Å². The Balaban J connectivity index is 1.57. The van der Waals surface area contributed by atoms with Gasteiger partial charge in [-0.2, -0.15) is 9.97 Å². The van der Waals surface area contributed by atoms with Gasteiger partial charge in [-0.15, -0.1) is 0 Å². The van der Waals surface area contributed by atoms with Crippen molar-refractivity contribution in [2.24, 2.45) is 0 Å². The van der Waals surface area contributed by atoms with Gasteiger partial charge < -0.3 is 24.8 Å². The molecular formula is C25H23ClN6O3. The molecule has 0 saturated heterocycles. The van der Waals surface area contributed by atoms with E-state index in [4.69, 9.17) is 20.8 Å². The SMILES string of the molecule is CNC(=O)c1ccc(Nc2nc(OC(C)C)c3c(-c4ccc5nc(C)oc5c4)c[nH]c3n2)c(Cl)c1. The Hall–Kier alpha value is -4.11. The van der Waals surface area contributed by atoms with Crippen molar-refractivity contribution < 1.29 is 13.9 Å². The number of aryl methyl sites for hydroxylation is 1. The van der Waals surface area contributed by atoms with Crippen molar-refractivity contribution in [3.8, 4) is 17.0 Å². The number of fused-ring (bicyclic) bond motifs is 2. The smallest absolute Gasteiger partial charge is 0.251 e. The highest BCUT2D eigenvalue weighted by molar-refractivity contribution is 6.33. The Labute approximate surface area is 205 Å². The third-order valence-electron chi connectivity index (χ3n) is 5.36. The summed E-state index contributed by atoms with van der Waals surface area (Å²) in [5.41, 5.74) is 4.92. The van der Waals surface area contributed by atoms with Gasteiger partial charge in [0.2, 0.25) is 11.8 Å². The van der Waals surface area contributed by atoms with Crippen LogP contribution >= 0.6 is 11.6 Å². The van der Waals surface area contributed by atoms with Gasteiger partial charge >= 0.3 is 0 Å². The van der Waals surface area contributed by atoms with Gasteiger partial charge in [-0.05, 0) is 49.7 Å². The number of amides is 1. The maximum atomic E-state index is 11.9. The van der Waals surface area contributed by atoms with Gasteiger partial charge in [0.15, 0.2) is 11.5 Å². The summed E-state index contributed by atoms with van der Waals surface area (Å²) in [6, 6.07) is 10.8. The quantitative estimate of drug-likeness (QED) is 0.282. The Morgan fingerprint density at radius 3 is 2.71 bits per heavy atom. The van der Waals surface area contributed by atoms with E-state index in [2.05, 4.69) is 30.6 Å². The summed E-state index contributed by atoms with van der Waals surface area (Å²) in [7, 11) is 1.57. The van der Waals surface area contributed by atoms with Crippen molar-refractivity contribution in [3.63, 3.8) is 0 Å². The summed E-state index contributed by atoms with van der Waals surface area (Å²) in [5.74, 6) is 1.12. The zero-order chi connectivity index (χ0) is 24.7. The van der Waals surface area contributed by atoms with Gasteiger partial charge in [0.05, 0.1) is 22.2 Å². The van der Waals surface area contributed by atoms with E-state index < -0.39 is 0 Å². The molecule has 5 rings (SSSR count). The van der Waals surface area contributed by atoms with Crippen LogP contribution in [0.5, 0.6) is 5.88 Å². The normalized spacial score (nSPS) is 11.4. The van der Waals surface area contributed by atoms with E-state index in [1.54, 1.807) is 25.2 Å². The maximum Gasteiger partial charge on any atom is 0.251 e. The summed E-state index contributed by atoms with van der Waals surface area (Å²) in [5, 5.41) is 6.82. The first-order chi connectivity index (χ1) is 16.8. The Kier molecular flexibility index (Phi) is 5.78. The molecule has 1 amide bonds. The van der Waals surface area contributed by atoms with Crippen LogP contribution < -0.4 is 15.4 Å². The van der Waals surface area contributed by atoms with Crippen LogP contribution in [-0.2, 0) is 0 Å².